The fraction of sp³-hybridized carbons (Fsp3) is 0.282. The zero-order chi connectivity index (χ0) is 34.5. The van der Waals surface area contributed by atoms with Crippen LogP contribution in [0.5, 0.6) is 5.75 Å². The third kappa shape index (κ3) is 7.50. The van der Waals surface area contributed by atoms with Crippen molar-refractivity contribution in [2.24, 2.45) is 10.9 Å². The molecule has 3 aromatic carbocycles. The summed E-state index contributed by atoms with van der Waals surface area (Å²) in [5.74, 6) is 0.510. The van der Waals surface area contributed by atoms with Gasteiger partial charge in [-0.2, -0.15) is 5.10 Å². The predicted octanol–water partition coefficient (Wildman–Crippen LogP) is 7.19. The number of benzene rings is 3. The SMILES string of the molecule is CCCCOc1ccc(-c2nn(-c3ccccc3)cc2C=c2sc3n(c2=O)C(c2ccc(SC)cc2)C(C(=O)OCC(C)C)=C(C)N=3)cc1. The van der Waals surface area contributed by atoms with Crippen LogP contribution in [0, 0.1) is 5.92 Å². The van der Waals surface area contributed by atoms with E-state index in [0.29, 0.717) is 27.2 Å². The number of aromatic nitrogens is 3. The summed E-state index contributed by atoms with van der Waals surface area (Å²) >= 11 is 2.94. The van der Waals surface area contributed by atoms with Crippen LogP contribution in [0.2, 0.25) is 0 Å². The zero-order valence-electron chi connectivity index (χ0n) is 28.4. The summed E-state index contributed by atoms with van der Waals surface area (Å²) in [6, 6.07) is 25.1. The van der Waals surface area contributed by atoms with Crippen LogP contribution >= 0.6 is 23.1 Å². The van der Waals surface area contributed by atoms with E-state index in [1.54, 1.807) is 16.3 Å². The smallest absolute Gasteiger partial charge is 0.338 e. The molecule has 10 heteroatoms. The van der Waals surface area contributed by atoms with Crippen LogP contribution in [0.25, 0.3) is 23.0 Å². The van der Waals surface area contributed by atoms with E-state index in [1.807, 2.05) is 123 Å². The van der Waals surface area contributed by atoms with Gasteiger partial charge in [0.05, 0.1) is 40.7 Å². The van der Waals surface area contributed by atoms with Crippen LogP contribution in [0.4, 0.5) is 0 Å². The molecule has 0 saturated carbocycles. The molecule has 1 aliphatic rings. The molecule has 1 atom stereocenters. The van der Waals surface area contributed by atoms with E-state index >= 15 is 0 Å². The molecule has 0 N–H and O–H groups in total. The summed E-state index contributed by atoms with van der Waals surface area (Å²) in [5.41, 5.74) is 4.80. The molecule has 0 spiro atoms. The van der Waals surface area contributed by atoms with Crippen molar-refractivity contribution in [3.63, 3.8) is 0 Å². The van der Waals surface area contributed by atoms with Crippen molar-refractivity contribution in [3.8, 4) is 22.7 Å². The van der Waals surface area contributed by atoms with E-state index in [9.17, 15) is 9.59 Å². The number of fused-ring (bicyclic) bond motifs is 1. The first-order valence-corrected chi connectivity index (χ1v) is 18.5. The normalized spacial score (nSPS) is 14.6. The van der Waals surface area contributed by atoms with E-state index in [4.69, 9.17) is 19.6 Å². The van der Waals surface area contributed by atoms with Gasteiger partial charge in [0, 0.05) is 22.2 Å². The van der Waals surface area contributed by atoms with Crippen molar-refractivity contribution in [2.75, 3.05) is 19.5 Å². The van der Waals surface area contributed by atoms with Crippen LogP contribution in [-0.4, -0.2) is 39.8 Å². The quantitative estimate of drug-likeness (QED) is 0.0782. The van der Waals surface area contributed by atoms with E-state index in [2.05, 4.69) is 6.92 Å². The molecule has 0 saturated heterocycles. The minimum atomic E-state index is -0.680. The molecule has 8 nitrogen and oxygen atoms in total. The number of carbonyl (C=O) groups is 1. The maximum absolute atomic E-state index is 14.4. The van der Waals surface area contributed by atoms with Gasteiger partial charge < -0.3 is 9.47 Å². The molecule has 0 fully saturated rings. The summed E-state index contributed by atoms with van der Waals surface area (Å²) in [5, 5.41) is 4.97. The van der Waals surface area contributed by atoms with Gasteiger partial charge in [-0.3, -0.25) is 9.36 Å². The Hall–Kier alpha value is -4.67. The van der Waals surface area contributed by atoms with E-state index in [1.165, 1.54) is 11.3 Å². The Balaban J connectivity index is 1.48. The monoisotopic (exact) mass is 692 g/mol. The summed E-state index contributed by atoms with van der Waals surface area (Å²) in [6.45, 7) is 8.88. The zero-order valence-corrected chi connectivity index (χ0v) is 30.0. The molecule has 2 aromatic heterocycles. The Bertz CT molecular complexity index is 2150. The number of esters is 1. The fourth-order valence-electron chi connectivity index (χ4n) is 5.62. The summed E-state index contributed by atoms with van der Waals surface area (Å²) in [4.78, 5) is 34.4. The molecule has 252 valence electrons. The maximum atomic E-state index is 14.4. The summed E-state index contributed by atoms with van der Waals surface area (Å²) in [7, 11) is 0. The number of thioether (sulfide) groups is 1. The van der Waals surface area contributed by atoms with Gasteiger partial charge in [0.1, 0.15) is 11.4 Å². The number of allylic oxidation sites excluding steroid dienone is 1. The van der Waals surface area contributed by atoms with Crippen molar-refractivity contribution >= 4 is 35.1 Å². The van der Waals surface area contributed by atoms with Crippen molar-refractivity contribution < 1.29 is 14.3 Å². The number of hydrogen-bond acceptors (Lipinski definition) is 8. The summed E-state index contributed by atoms with van der Waals surface area (Å²) < 4.78 is 15.6. The first-order chi connectivity index (χ1) is 23.8. The lowest BCUT2D eigenvalue weighted by atomic mass is 9.96. The highest BCUT2D eigenvalue weighted by atomic mass is 32.2. The van der Waals surface area contributed by atoms with Gasteiger partial charge in [-0.1, -0.05) is 68.9 Å². The molecule has 0 radical (unpaired) electrons. The Labute approximate surface area is 294 Å². The molecule has 0 bridgehead atoms. The third-order valence-corrected chi connectivity index (χ3v) is 9.89. The van der Waals surface area contributed by atoms with Gasteiger partial charge in [-0.25, -0.2) is 14.5 Å². The average Bonchev–Trinajstić information content (AvgIpc) is 3.67. The molecule has 6 rings (SSSR count). The van der Waals surface area contributed by atoms with Gasteiger partial charge in [0.15, 0.2) is 4.80 Å². The lowest BCUT2D eigenvalue weighted by Gasteiger charge is -2.25. The molecule has 5 aromatic rings. The highest BCUT2D eigenvalue weighted by Crippen LogP contribution is 2.32. The number of ether oxygens (including phenoxy) is 2. The lowest BCUT2D eigenvalue weighted by Crippen LogP contribution is -2.40. The van der Waals surface area contributed by atoms with Crippen LogP contribution in [0.15, 0.2) is 111 Å². The Morgan fingerprint density at radius 1 is 1.04 bits per heavy atom. The molecule has 0 aliphatic carbocycles. The van der Waals surface area contributed by atoms with Crippen LogP contribution in [0.3, 0.4) is 0 Å². The molecular weight excluding hydrogens is 653 g/mol. The van der Waals surface area contributed by atoms with Gasteiger partial charge >= 0.3 is 5.97 Å². The Morgan fingerprint density at radius 2 is 1.78 bits per heavy atom. The number of rotatable bonds is 12. The number of thiazole rings is 1. The second-order valence-corrected chi connectivity index (χ2v) is 14.2. The third-order valence-electron chi connectivity index (χ3n) is 8.17. The second-order valence-electron chi connectivity index (χ2n) is 12.3. The van der Waals surface area contributed by atoms with Gasteiger partial charge in [-0.05, 0) is 85.7 Å². The fourth-order valence-corrected chi connectivity index (χ4v) is 7.06. The van der Waals surface area contributed by atoms with Crippen molar-refractivity contribution in [3.05, 3.63) is 127 Å². The van der Waals surface area contributed by atoms with E-state index < -0.39 is 12.0 Å². The van der Waals surface area contributed by atoms with E-state index in [-0.39, 0.29) is 18.1 Å². The standard InChI is InChI=1S/C39H40N4O4S2/c1-6-7-21-46-31-17-13-27(14-18-31)35-29(23-42(41-35)30-11-9-8-10-12-30)22-33-37(44)43-36(28-15-19-32(48-5)20-16-28)34(26(4)40-39(43)49-33)38(45)47-24-25(2)3/h8-20,22-23,25,36H,6-7,21,24H2,1-5H3. The van der Waals surface area contributed by atoms with Gasteiger partial charge in [-0.15, -0.1) is 11.8 Å². The molecule has 49 heavy (non-hydrogen) atoms. The maximum Gasteiger partial charge on any atom is 0.338 e. The van der Waals surface area contributed by atoms with Crippen LogP contribution in [0.1, 0.15) is 57.7 Å². The minimum absolute atomic E-state index is 0.168. The molecule has 0 amide bonds. The predicted molar refractivity (Wildman–Crippen MR) is 197 cm³/mol. The van der Waals surface area contributed by atoms with Crippen LogP contribution < -0.4 is 19.6 Å². The summed E-state index contributed by atoms with van der Waals surface area (Å²) in [6.07, 6.45) is 7.89. The van der Waals surface area contributed by atoms with Gasteiger partial charge in [0.2, 0.25) is 0 Å². The highest BCUT2D eigenvalue weighted by molar-refractivity contribution is 7.98. The molecule has 1 unspecified atom stereocenters. The number of unbranched alkanes of at least 4 members (excludes halogenated alkanes) is 1. The first kappa shape index (κ1) is 34.2. The number of nitrogens with zero attached hydrogens (tertiary/aromatic N) is 4. The van der Waals surface area contributed by atoms with Crippen molar-refractivity contribution in [1.82, 2.24) is 14.3 Å². The largest absolute Gasteiger partial charge is 0.494 e. The van der Waals surface area contributed by atoms with Crippen LogP contribution in [-0.2, 0) is 9.53 Å². The molecule has 3 heterocycles. The number of hydrogen-bond donors (Lipinski definition) is 0. The molecule has 1 aliphatic heterocycles. The topological polar surface area (TPSA) is 87.7 Å². The highest BCUT2D eigenvalue weighted by Gasteiger charge is 2.33. The lowest BCUT2D eigenvalue weighted by molar-refractivity contribution is -0.140. The van der Waals surface area contributed by atoms with Crippen molar-refractivity contribution in [1.29, 1.82) is 0 Å². The number of carbonyl (C=O) groups excluding carboxylic acids is 1. The van der Waals surface area contributed by atoms with Gasteiger partial charge in [0.25, 0.3) is 5.56 Å². The molecular formula is C39H40N4O4S2. The second kappa shape index (κ2) is 15.3. The van der Waals surface area contributed by atoms with E-state index in [0.717, 1.165) is 51.6 Å². The average molecular weight is 693 g/mol. The first-order valence-electron chi connectivity index (χ1n) is 16.5. The van der Waals surface area contributed by atoms with Crippen molar-refractivity contribution in [2.45, 2.75) is 51.5 Å². The minimum Gasteiger partial charge on any atom is -0.494 e. The number of para-hydroxylation sites is 1. The Kier molecular flexibility index (Phi) is 10.7. The Morgan fingerprint density at radius 3 is 2.45 bits per heavy atom.